The molecule has 5 aromatic rings. The van der Waals surface area contributed by atoms with Crippen molar-refractivity contribution in [3.63, 3.8) is 0 Å². The minimum atomic E-state index is -0.276. The number of amides is 2. The number of pyridine rings is 2. The Morgan fingerprint density at radius 1 is 0.788 bits per heavy atom. The summed E-state index contributed by atoms with van der Waals surface area (Å²) in [6.07, 6.45) is 4.31. The highest BCUT2D eigenvalue weighted by Gasteiger charge is 2.22. The number of aromatic nitrogens is 3. The lowest BCUT2D eigenvalue weighted by Crippen LogP contribution is -2.36. The first kappa shape index (κ1) is 35.9. The third-order valence-electron chi connectivity index (χ3n) is 9.45. The number of nitrogens with one attached hydrogen (secondary N) is 4. The number of hydrogen-bond acceptors (Lipinski definition) is 8. The minimum Gasteiger partial charge on any atom is -0.481 e. The second-order valence-electron chi connectivity index (χ2n) is 12.9. The van der Waals surface area contributed by atoms with Gasteiger partial charge in [-0.3, -0.25) is 18.8 Å². The van der Waals surface area contributed by atoms with E-state index >= 15 is 0 Å². The largest absolute Gasteiger partial charge is 0.481 e. The first-order valence-corrected chi connectivity index (χ1v) is 18.2. The fourth-order valence-corrected chi connectivity index (χ4v) is 7.60. The molecule has 2 unspecified atom stereocenters. The van der Waals surface area contributed by atoms with E-state index < -0.39 is 0 Å². The molecule has 2 saturated heterocycles. The molecule has 4 N–H and O–H groups in total. The third-order valence-corrected chi connectivity index (χ3v) is 10.6. The topological polar surface area (TPSA) is 139 Å². The van der Waals surface area contributed by atoms with Crippen molar-refractivity contribution in [2.75, 3.05) is 20.2 Å². The Kier molecular flexibility index (Phi) is 10.8. The summed E-state index contributed by atoms with van der Waals surface area (Å²) in [4.78, 5) is 45.7. The van der Waals surface area contributed by atoms with E-state index in [0.29, 0.717) is 70.9 Å². The number of methoxy groups -OCH3 is 1. The van der Waals surface area contributed by atoms with Gasteiger partial charge in [0.2, 0.25) is 17.7 Å². The molecule has 0 radical (unpaired) electrons. The van der Waals surface area contributed by atoms with Crippen LogP contribution in [0.1, 0.15) is 36.8 Å². The van der Waals surface area contributed by atoms with E-state index in [0.717, 1.165) is 40.7 Å². The van der Waals surface area contributed by atoms with Crippen LogP contribution < -0.4 is 31.6 Å². The van der Waals surface area contributed by atoms with Crippen LogP contribution in [0.3, 0.4) is 0 Å². The number of rotatable bonds is 12. The van der Waals surface area contributed by atoms with Gasteiger partial charge in [-0.25, -0.2) is 9.97 Å². The molecule has 0 saturated carbocycles. The van der Waals surface area contributed by atoms with Crippen LogP contribution in [-0.4, -0.2) is 58.5 Å². The molecule has 2 aliphatic rings. The van der Waals surface area contributed by atoms with Crippen LogP contribution >= 0.6 is 34.8 Å². The summed E-state index contributed by atoms with van der Waals surface area (Å²) in [6, 6.07) is 19.0. The van der Waals surface area contributed by atoms with Gasteiger partial charge in [-0.05, 0) is 36.6 Å². The highest BCUT2D eigenvalue weighted by atomic mass is 35.5. The molecule has 7 rings (SSSR count). The molecule has 5 heterocycles. The zero-order valence-corrected chi connectivity index (χ0v) is 30.5. The molecule has 0 bridgehead atoms. The van der Waals surface area contributed by atoms with Crippen molar-refractivity contribution in [1.29, 1.82) is 0 Å². The third kappa shape index (κ3) is 7.51. The normalized spacial score (nSPS) is 17.1. The molecule has 2 atom stereocenters. The van der Waals surface area contributed by atoms with Crippen molar-refractivity contribution >= 4 is 52.3 Å². The predicted molar refractivity (Wildman–Crippen MR) is 203 cm³/mol. The first-order chi connectivity index (χ1) is 25.2. The van der Waals surface area contributed by atoms with Gasteiger partial charge in [0.15, 0.2) is 0 Å². The number of fused-ring (bicyclic) bond motifs is 1. The minimum absolute atomic E-state index is 0.0300. The molecule has 2 aromatic carbocycles. The van der Waals surface area contributed by atoms with E-state index in [1.165, 1.54) is 4.40 Å². The van der Waals surface area contributed by atoms with Crippen LogP contribution in [0.15, 0.2) is 71.7 Å². The number of benzene rings is 2. The van der Waals surface area contributed by atoms with Gasteiger partial charge in [-0.1, -0.05) is 77.3 Å². The molecule has 0 spiro atoms. The molecule has 2 amide bonds. The lowest BCUT2D eigenvalue weighted by molar-refractivity contribution is -0.120. The molecule has 0 aliphatic carbocycles. The zero-order valence-electron chi connectivity index (χ0n) is 28.3. The summed E-state index contributed by atoms with van der Waals surface area (Å²) in [6.45, 7) is 1.95. The SMILES string of the molecule is COc1nc(-c2cccc(-c3cccc(-c4ccn5c(=O)c(CNCC6CCC(=O)N6)c(Cl)nc5c4)c3Cl)c2Cl)ccc1CNCC1CCC(=O)N1. The summed E-state index contributed by atoms with van der Waals surface area (Å²) in [7, 11) is 1.58. The Labute approximate surface area is 315 Å². The molecule has 3 aromatic heterocycles. The van der Waals surface area contributed by atoms with E-state index in [4.69, 9.17) is 44.5 Å². The summed E-state index contributed by atoms with van der Waals surface area (Å²) in [5.41, 5.74) is 5.62. The van der Waals surface area contributed by atoms with Crippen molar-refractivity contribution in [2.45, 2.75) is 50.9 Å². The monoisotopic (exact) mass is 759 g/mol. The molecule has 11 nitrogen and oxygen atoms in total. The quantitative estimate of drug-likeness (QED) is 0.117. The fourth-order valence-electron chi connectivity index (χ4n) is 6.71. The van der Waals surface area contributed by atoms with Crippen LogP contribution in [0.4, 0.5) is 0 Å². The maximum Gasteiger partial charge on any atom is 0.263 e. The maximum atomic E-state index is 13.4. The standard InChI is InChI=1S/C38H36Cl3N7O4/c1-52-37-22(17-42-18-23-9-12-32(49)44-23)8-11-30(46-37)28-7-3-6-27(35(28)40)26-5-2-4-25(34(26)39)21-14-15-48-31(16-21)47-36(41)29(38(48)51)20-43-19-24-10-13-33(50)45-24/h2-8,11,14-16,23-24,42-43H,9-10,12-13,17-20H2,1H3,(H,44,49)(H,45,50). The van der Waals surface area contributed by atoms with Crippen molar-refractivity contribution in [2.24, 2.45) is 0 Å². The Bertz CT molecular complexity index is 2250. The van der Waals surface area contributed by atoms with Gasteiger partial charge in [0, 0.05) is 85.1 Å². The van der Waals surface area contributed by atoms with Crippen molar-refractivity contribution in [1.82, 2.24) is 35.6 Å². The predicted octanol–water partition coefficient (Wildman–Crippen LogP) is 5.80. The van der Waals surface area contributed by atoms with E-state index in [9.17, 15) is 14.4 Å². The molecule has 2 fully saturated rings. The molecule has 14 heteroatoms. The summed E-state index contributed by atoms with van der Waals surface area (Å²) < 4.78 is 7.10. The number of ether oxygens (including phenoxy) is 1. The lowest BCUT2D eigenvalue weighted by Gasteiger charge is -2.16. The van der Waals surface area contributed by atoms with Gasteiger partial charge in [0.25, 0.3) is 5.56 Å². The number of halogens is 3. The van der Waals surface area contributed by atoms with Gasteiger partial charge in [-0.2, -0.15) is 0 Å². The highest BCUT2D eigenvalue weighted by molar-refractivity contribution is 6.39. The lowest BCUT2D eigenvalue weighted by atomic mass is 9.97. The summed E-state index contributed by atoms with van der Waals surface area (Å²) in [5, 5.41) is 13.5. The van der Waals surface area contributed by atoms with Crippen LogP contribution in [0, 0.1) is 0 Å². The van der Waals surface area contributed by atoms with E-state index in [1.54, 1.807) is 19.4 Å². The average Bonchev–Trinajstić information content (AvgIpc) is 3.76. The second-order valence-corrected chi connectivity index (χ2v) is 14.0. The summed E-state index contributed by atoms with van der Waals surface area (Å²) >= 11 is 20.7. The first-order valence-electron chi connectivity index (χ1n) is 17.0. The zero-order chi connectivity index (χ0) is 36.4. The highest BCUT2D eigenvalue weighted by Crippen LogP contribution is 2.42. The van der Waals surface area contributed by atoms with Crippen LogP contribution in [-0.2, 0) is 22.7 Å². The molecule has 2 aliphatic heterocycles. The molecule has 268 valence electrons. The van der Waals surface area contributed by atoms with Gasteiger partial charge >= 0.3 is 0 Å². The molecular weight excluding hydrogens is 725 g/mol. The van der Waals surface area contributed by atoms with Crippen LogP contribution in [0.5, 0.6) is 5.88 Å². The fraction of sp³-hybridized carbons (Fsp3) is 0.289. The maximum absolute atomic E-state index is 13.4. The van der Waals surface area contributed by atoms with E-state index in [2.05, 4.69) is 26.3 Å². The van der Waals surface area contributed by atoms with Gasteiger partial charge in [-0.15, -0.1) is 0 Å². The Morgan fingerprint density at radius 2 is 1.40 bits per heavy atom. The van der Waals surface area contributed by atoms with Crippen molar-refractivity contribution < 1.29 is 14.3 Å². The second kappa shape index (κ2) is 15.6. The number of nitrogens with zero attached hydrogens (tertiary/aromatic N) is 3. The van der Waals surface area contributed by atoms with Crippen LogP contribution in [0.2, 0.25) is 15.2 Å². The number of hydrogen-bond donors (Lipinski definition) is 4. The summed E-state index contributed by atoms with van der Waals surface area (Å²) in [5.74, 6) is 0.603. The van der Waals surface area contributed by atoms with E-state index in [-0.39, 0.29) is 41.2 Å². The molecule has 52 heavy (non-hydrogen) atoms. The van der Waals surface area contributed by atoms with Gasteiger partial charge < -0.3 is 26.0 Å². The van der Waals surface area contributed by atoms with Gasteiger partial charge in [0.05, 0.1) is 28.4 Å². The Balaban J connectivity index is 1.12. The Hall–Kier alpha value is -4.52. The number of carbonyl (C=O) groups is 2. The molecular formula is C38H36Cl3N7O4. The van der Waals surface area contributed by atoms with Gasteiger partial charge in [0.1, 0.15) is 10.8 Å². The van der Waals surface area contributed by atoms with Crippen LogP contribution in [0.25, 0.3) is 39.2 Å². The van der Waals surface area contributed by atoms with Crippen molar-refractivity contribution in [3.8, 4) is 39.4 Å². The Morgan fingerprint density at radius 3 is 2.04 bits per heavy atom. The smallest absolute Gasteiger partial charge is 0.263 e. The van der Waals surface area contributed by atoms with Crippen molar-refractivity contribution in [3.05, 3.63) is 104 Å². The number of carbonyl (C=O) groups excluding carboxylic acids is 2. The average molecular weight is 761 g/mol. The van der Waals surface area contributed by atoms with E-state index in [1.807, 2.05) is 54.6 Å².